The Kier molecular flexibility index (Phi) is 3.30. The monoisotopic (exact) mass is 268 g/mol. The number of rotatable bonds is 4. The highest BCUT2D eigenvalue weighted by Crippen LogP contribution is 2.26. The summed E-state index contributed by atoms with van der Waals surface area (Å²) in [7, 11) is -3.32. The van der Waals surface area contributed by atoms with Crippen LogP contribution in [0, 0.1) is 5.92 Å². The highest BCUT2D eigenvalue weighted by atomic mass is 32.2. The minimum Gasteiger partial charge on any atom is -0.326 e. The van der Waals surface area contributed by atoms with Gasteiger partial charge in [0.15, 0.2) is 0 Å². The van der Waals surface area contributed by atoms with Gasteiger partial charge in [0.05, 0.1) is 12.2 Å². The van der Waals surface area contributed by atoms with E-state index in [1.165, 1.54) is 0 Å². The quantitative estimate of drug-likeness (QED) is 0.870. The van der Waals surface area contributed by atoms with E-state index < -0.39 is 10.0 Å². The maximum absolute atomic E-state index is 11.8. The van der Waals surface area contributed by atoms with Crippen LogP contribution in [0.5, 0.6) is 0 Å². The van der Waals surface area contributed by atoms with Crippen LogP contribution >= 0.6 is 0 Å². The Morgan fingerprint density at radius 1 is 1.39 bits per heavy atom. The van der Waals surface area contributed by atoms with E-state index in [4.69, 9.17) is 0 Å². The lowest BCUT2D eigenvalue weighted by Gasteiger charge is -2.10. The van der Waals surface area contributed by atoms with Gasteiger partial charge in [-0.1, -0.05) is 13.8 Å². The van der Waals surface area contributed by atoms with Gasteiger partial charge in [-0.25, -0.2) is 8.42 Å². The van der Waals surface area contributed by atoms with Crippen molar-refractivity contribution in [1.82, 2.24) is 0 Å². The fourth-order valence-electron chi connectivity index (χ4n) is 1.95. The predicted octanol–water partition coefficient (Wildman–Crippen LogP) is 1.58. The van der Waals surface area contributed by atoms with Crippen LogP contribution in [0.15, 0.2) is 18.2 Å². The molecule has 6 heteroatoms. The third-order valence-electron chi connectivity index (χ3n) is 2.56. The first kappa shape index (κ1) is 12.9. The summed E-state index contributed by atoms with van der Waals surface area (Å²) in [6.45, 7) is 3.70. The van der Waals surface area contributed by atoms with Crippen molar-refractivity contribution in [1.29, 1.82) is 0 Å². The summed E-state index contributed by atoms with van der Waals surface area (Å²) >= 11 is 0. The van der Waals surface area contributed by atoms with Crippen molar-refractivity contribution in [3.05, 3.63) is 23.8 Å². The van der Waals surface area contributed by atoms with Crippen LogP contribution in [0.25, 0.3) is 0 Å². The van der Waals surface area contributed by atoms with Crippen LogP contribution < -0.4 is 10.0 Å². The minimum absolute atomic E-state index is 0.0628. The van der Waals surface area contributed by atoms with Crippen molar-refractivity contribution in [3.8, 4) is 0 Å². The zero-order chi connectivity index (χ0) is 13.3. The number of sulfonamides is 1. The van der Waals surface area contributed by atoms with E-state index in [1.807, 2.05) is 13.8 Å². The molecule has 1 aliphatic heterocycles. The van der Waals surface area contributed by atoms with Crippen molar-refractivity contribution in [2.75, 3.05) is 15.8 Å². The molecule has 0 unspecified atom stereocenters. The Morgan fingerprint density at radius 2 is 2.11 bits per heavy atom. The molecule has 1 heterocycles. The number of nitrogens with one attached hydrogen (secondary N) is 2. The molecule has 0 aromatic heterocycles. The number of fused-ring (bicyclic) bond motifs is 1. The van der Waals surface area contributed by atoms with Gasteiger partial charge in [-0.15, -0.1) is 0 Å². The summed E-state index contributed by atoms with van der Waals surface area (Å²) in [6, 6.07) is 5.07. The molecule has 0 saturated carbocycles. The minimum atomic E-state index is -3.32. The van der Waals surface area contributed by atoms with E-state index in [0.717, 1.165) is 11.3 Å². The van der Waals surface area contributed by atoms with Crippen LogP contribution in [0.3, 0.4) is 0 Å². The van der Waals surface area contributed by atoms with Gasteiger partial charge in [0, 0.05) is 11.4 Å². The molecule has 1 aliphatic rings. The summed E-state index contributed by atoms with van der Waals surface area (Å²) in [4.78, 5) is 11.2. The Bertz CT molecular complexity index is 579. The van der Waals surface area contributed by atoms with Crippen molar-refractivity contribution in [2.45, 2.75) is 20.3 Å². The average Bonchev–Trinajstić information content (AvgIpc) is 2.54. The van der Waals surface area contributed by atoms with E-state index in [1.54, 1.807) is 18.2 Å². The number of benzene rings is 1. The molecule has 2 N–H and O–H groups in total. The molecule has 0 saturated heterocycles. The Morgan fingerprint density at radius 3 is 2.78 bits per heavy atom. The van der Waals surface area contributed by atoms with Crippen molar-refractivity contribution < 1.29 is 13.2 Å². The van der Waals surface area contributed by atoms with Crippen LogP contribution in [-0.4, -0.2) is 20.1 Å². The third-order valence-corrected chi connectivity index (χ3v) is 4.21. The molecular weight excluding hydrogens is 252 g/mol. The fraction of sp³-hybridized carbons (Fsp3) is 0.417. The van der Waals surface area contributed by atoms with Crippen LogP contribution in [0.1, 0.15) is 19.4 Å². The van der Waals surface area contributed by atoms with E-state index in [2.05, 4.69) is 10.0 Å². The van der Waals surface area contributed by atoms with Gasteiger partial charge in [0.25, 0.3) is 0 Å². The lowest BCUT2D eigenvalue weighted by atomic mass is 10.1. The van der Waals surface area contributed by atoms with E-state index in [0.29, 0.717) is 12.1 Å². The second-order valence-electron chi connectivity index (χ2n) is 4.87. The second kappa shape index (κ2) is 4.61. The molecule has 5 nitrogen and oxygen atoms in total. The predicted molar refractivity (Wildman–Crippen MR) is 71.0 cm³/mol. The maximum Gasteiger partial charge on any atom is 0.232 e. The molecule has 1 aromatic rings. The van der Waals surface area contributed by atoms with Gasteiger partial charge in [0.2, 0.25) is 15.9 Å². The normalized spacial score (nSPS) is 14.5. The SMILES string of the molecule is CC(C)CS(=O)(=O)Nc1ccc2c(c1)CC(=O)N2. The Labute approximate surface area is 107 Å². The molecular formula is C12H16N2O3S. The van der Waals surface area contributed by atoms with Gasteiger partial charge in [-0.2, -0.15) is 0 Å². The molecule has 1 amide bonds. The standard InChI is InChI=1S/C12H16N2O3S/c1-8(2)7-18(16,17)14-10-3-4-11-9(5-10)6-12(15)13-11/h3-5,8,14H,6-7H2,1-2H3,(H,13,15). The number of carbonyl (C=O) groups excluding carboxylic acids is 1. The third kappa shape index (κ3) is 3.01. The summed E-state index contributed by atoms with van der Waals surface area (Å²) < 4.78 is 26.1. The first-order valence-electron chi connectivity index (χ1n) is 5.79. The van der Waals surface area contributed by atoms with Crippen LogP contribution in [0.2, 0.25) is 0 Å². The summed E-state index contributed by atoms with van der Waals surface area (Å²) in [5.74, 6) is 0.0914. The highest BCUT2D eigenvalue weighted by Gasteiger charge is 2.19. The van der Waals surface area contributed by atoms with E-state index >= 15 is 0 Å². The first-order valence-corrected chi connectivity index (χ1v) is 7.44. The summed E-state index contributed by atoms with van der Waals surface area (Å²) in [5, 5.41) is 2.70. The first-order chi connectivity index (χ1) is 8.35. The maximum atomic E-state index is 11.8. The largest absolute Gasteiger partial charge is 0.326 e. The van der Waals surface area contributed by atoms with Gasteiger partial charge in [-0.3, -0.25) is 9.52 Å². The number of carbonyl (C=O) groups is 1. The van der Waals surface area contributed by atoms with Crippen molar-refractivity contribution in [3.63, 3.8) is 0 Å². The number of anilines is 2. The van der Waals surface area contributed by atoms with Gasteiger partial charge < -0.3 is 5.32 Å². The highest BCUT2D eigenvalue weighted by molar-refractivity contribution is 7.92. The molecule has 0 atom stereocenters. The number of amides is 1. The van der Waals surface area contributed by atoms with E-state index in [9.17, 15) is 13.2 Å². The van der Waals surface area contributed by atoms with Crippen LogP contribution in [-0.2, 0) is 21.2 Å². The molecule has 2 rings (SSSR count). The summed E-state index contributed by atoms with van der Waals surface area (Å²) in [6.07, 6.45) is 0.301. The molecule has 0 fully saturated rings. The molecule has 98 valence electrons. The Hall–Kier alpha value is -1.56. The van der Waals surface area contributed by atoms with E-state index in [-0.39, 0.29) is 17.6 Å². The molecule has 18 heavy (non-hydrogen) atoms. The van der Waals surface area contributed by atoms with Gasteiger partial charge in [-0.05, 0) is 29.7 Å². The molecule has 0 radical (unpaired) electrons. The smallest absolute Gasteiger partial charge is 0.232 e. The molecule has 0 aliphatic carbocycles. The molecule has 0 spiro atoms. The number of hydrogen-bond donors (Lipinski definition) is 2. The molecule has 1 aromatic carbocycles. The lowest BCUT2D eigenvalue weighted by molar-refractivity contribution is -0.115. The second-order valence-corrected chi connectivity index (χ2v) is 6.64. The average molecular weight is 268 g/mol. The van der Waals surface area contributed by atoms with Crippen molar-refractivity contribution in [2.24, 2.45) is 5.92 Å². The van der Waals surface area contributed by atoms with Crippen molar-refractivity contribution >= 4 is 27.3 Å². The Balaban J connectivity index is 2.17. The van der Waals surface area contributed by atoms with Gasteiger partial charge in [0.1, 0.15) is 0 Å². The summed E-state index contributed by atoms with van der Waals surface area (Å²) in [5.41, 5.74) is 2.09. The fourth-order valence-corrected chi connectivity index (χ4v) is 3.40. The molecule has 0 bridgehead atoms. The zero-order valence-corrected chi connectivity index (χ0v) is 11.2. The van der Waals surface area contributed by atoms with Gasteiger partial charge >= 0.3 is 0 Å². The lowest BCUT2D eigenvalue weighted by Crippen LogP contribution is -2.20. The van der Waals surface area contributed by atoms with Crippen LogP contribution in [0.4, 0.5) is 11.4 Å². The number of hydrogen-bond acceptors (Lipinski definition) is 3. The topological polar surface area (TPSA) is 75.3 Å². The zero-order valence-electron chi connectivity index (χ0n) is 10.4.